The summed E-state index contributed by atoms with van der Waals surface area (Å²) in [5, 5.41) is 0.642. The van der Waals surface area contributed by atoms with Gasteiger partial charge in [-0.25, -0.2) is 13.1 Å². The number of aryl methyl sites for hydroxylation is 3. The molecule has 3 rings (SSSR count). The zero-order valence-corrected chi connectivity index (χ0v) is 18.1. The van der Waals surface area contributed by atoms with Crippen LogP contribution in [0.15, 0.2) is 41.3 Å². The third-order valence-corrected chi connectivity index (χ3v) is 7.02. The number of benzene rings is 2. The molecule has 5 nitrogen and oxygen atoms in total. The molecular formula is C21H27ClN2O3S. The minimum Gasteiger partial charge on any atom is -0.379 e. The second-order valence-corrected chi connectivity index (χ2v) is 9.44. The average molecular weight is 423 g/mol. The second kappa shape index (κ2) is 8.93. The summed E-state index contributed by atoms with van der Waals surface area (Å²) in [5.41, 5.74) is 3.57. The van der Waals surface area contributed by atoms with Gasteiger partial charge in [0.2, 0.25) is 10.0 Å². The normalized spacial score (nSPS) is 16.9. The third kappa shape index (κ3) is 4.93. The molecule has 0 radical (unpaired) electrons. The predicted octanol–water partition coefficient (Wildman–Crippen LogP) is 3.62. The summed E-state index contributed by atoms with van der Waals surface area (Å²) >= 11 is 6.19. The van der Waals surface area contributed by atoms with Gasteiger partial charge in [0.15, 0.2) is 0 Å². The van der Waals surface area contributed by atoms with Crippen LogP contribution in [0.2, 0.25) is 5.02 Å². The predicted molar refractivity (Wildman–Crippen MR) is 112 cm³/mol. The summed E-state index contributed by atoms with van der Waals surface area (Å²) in [6.45, 7) is 8.70. The standard InChI is InChI=1S/C21H27ClN2O3S/c1-15-11-16(2)21(17(3)12-15)28(25,26)23-14-20(24-7-9-27-10-8-24)18-5-4-6-19(22)13-18/h4-6,11-13,20,23H,7-10,14H2,1-3H3. The quantitative estimate of drug-likeness (QED) is 0.772. The third-order valence-electron chi connectivity index (χ3n) is 5.06. The van der Waals surface area contributed by atoms with Gasteiger partial charge in [-0.2, -0.15) is 0 Å². The van der Waals surface area contributed by atoms with Gasteiger partial charge in [0.1, 0.15) is 0 Å². The topological polar surface area (TPSA) is 58.6 Å². The van der Waals surface area contributed by atoms with Crippen molar-refractivity contribution in [3.05, 3.63) is 63.7 Å². The van der Waals surface area contributed by atoms with Gasteiger partial charge in [0, 0.05) is 30.7 Å². The van der Waals surface area contributed by atoms with Crippen molar-refractivity contribution < 1.29 is 13.2 Å². The van der Waals surface area contributed by atoms with Crippen LogP contribution < -0.4 is 4.72 Å². The average Bonchev–Trinajstić information content (AvgIpc) is 2.61. The lowest BCUT2D eigenvalue weighted by molar-refractivity contribution is 0.0172. The highest BCUT2D eigenvalue weighted by Gasteiger charge is 2.26. The number of nitrogens with one attached hydrogen (secondary N) is 1. The molecule has 1 fully saturated rings. The first-order chi connectivity index (χ1) is 13.3. The van der Waals surface area contributed by atoms with Crippen molar-refractivity contribution in [1.29, 1.82) is 0 Å². The molecule has 1 unspecified atom stereocenters. The van der Waals surface area contributed by atoms with E-state index >= 15 is 0 Å². The van der Waals surface area contributed by atoms with E-state index in [0.29, 0.717) is 23.1 Å². The van der Waals surface area contributed by atoms with Crippen molar-refractivity contribution in [3.63, 3.8) is 0 Å². The van der Waals surface area contributed by atoms with Crippen molar-refractivity contribution in [2.24, 2.45) is 0 Å². The summed E-state index contributed by atoms with van der Waals surface area (Å²) in [6, 6.07) is 11.3. The number of hydrogen-bond donors (Lipinski definition) is 1. The van der Waals surface area contributed by atoms with E-state index in [1.54, 1.807) is 0 Å². The van der Waals surface area contributed by atoms with Crippen molar-refractivity contribution >= 4 is 21.6 Å². The molecule has 1 aliphatic rings. The van der Waals surface area contributed by atoms with Crippen LogP contribution in [0.5, 0.6) is 0 Å². The van der Waals surface area contributed by atoms with Gasteiger partial charge in [0.25, 0.3) is 0 Å². The summed E-state index contributed by atoms with van der Waals surface area (Å²) in [6.07, 6.45) is 0. The van der Waals surface area contributed by atoms with Crippen LogP contribution in [0.4, 0.5) is 0 Å². The van der Waals surface area contributed by atoms with Crippen LogP contribution >= 0.6 is 11.6 Å². The fraction of sp³-hybridized carbons (Fsp3) is 0.429. The van der Waals surface area contributed by atoms with Crippen LogP contribution in [0.3, 0.4) is 0 Å². The molecule has 0 bridgehead atoms. The van der Waals surface area contributed by atoms with E-state index in [0.717, 1.165) is 35.3 Å². The van der Waals surface area contributed by atoms with Crippen LogP contribution in [-0.2, 0) is 14.8 Å². The van der Waals surface area contributed by atoms with Gasteiger partial charge in [-0.05, 0) is 49.6 Å². The highest BCUT2D eigenvalue weighted by Crippen LogP contribution is 2.26. The van der Waals surface area contributed by atoms with E-state index in [9.17, 15) is 8.42 Å². The van der Waals surface area contributed by atoms with Crippen molar-refractivity contribution in [3.8, 4) is 0 Å². The molecule has 1 aliphatic heterocycles. The van der Waals surface area contributed by atoms with Gasteiger partial charge in [0.05, 0.1) is 18.1 Å². The van der Waals surface area contributed by atoms with Gasteiger partial charge < -0.3 is 4.74 Å². The fourth-order valence-corrected chi connectivity index (χ4v) is 5.60. The lowest BCUT2D eigenvalue weighted by Crippen LogP contribution is -2.44. The Balaban J connectivity index is 1.87. The summed E-state index contributed by atoms with van der Waals surface area (Å²) in [5.74, 6) is 0. The fourth-order valence-electron chi connectivity index (χ4n) is 3.91. The lowest BCUT2D eigenvalue weighted by atomic mass is 10.1. The van der Waals surface area contributed by atoms with Crippen molar-refractivity contribution in [1.82, 2.24) is 9.62 Å². The first kappa shape index (κ1) is 21.3. The zero-order valence-electron chi connectivity index (χ0n) is 16.5. The molecule has 0 aromatic heterocycles. The van der Waals surface area contributed by atoms with E-state index in [1.807, 2.05) is 57.2 Å². The Labute approximate surface area is 172 Å². The Morgan fingerprint density at radius 2 is 1.75 bits per heavy atom. The minimum atomic E-state index is -3.63. The van der Waals surface area contributed by atoms with Crippen LogP contribution in [0, 0.1) is 20.8 Å². The molecule has 0 aliphatic carbocycles. The first-order valence-electron chi connectivity index (χ1n) is 9.43. The smallest absolute Gasteiger partial charge is 0.241 e. The highest BCUT2D eigenvalue weighted by atomic mass is 35.5. The molecule has 28 heavy (non-hydrogen) atoms. The molecule has 0 saturated carbocycles. The van der Waals surface area contributed by atoms with E-state index in [-0.39, 0.29) is 12.6 Å². The molecule has 152 valence electrons. The van der Waals surface area contributed by atoms with Crippen LogP contribution in [-0.4, -0.2) is 46.2 Å². The summed E-state index contributed by atoms with van der Waals surface area (Å²) in [7, 11) is -3.63. The monoisotopic (exact) mass is 422 g/mol. The van der Waals surface area contributed by atoms with Gasteiger partial charge >= 0.3 is 0 Å². The summed E-state index contributed by atoms with van der Waals surface area (Å²) < 4.78 is 34.5. The molecule has 2 aromatic carbocycles. The Hall–Kier alpha value is -1.44. The van der Waals surface area contributed by atoms with Gasteiger partial charge in [-0.1, -0.05) is 41.4 Å². The van der Waals surface area contributed by atoms with E-state index in [1.165, 1.54) is 0 Å². The lowest BCUT2D eigenvalue weighted by Gasteiger charge is -2.35. The Bertz CT molecular complexity index is 917. The van der Waals surface area contributed by atoms with E-state index in [4.69, 9.17) is 16.3 Å². The SMILES string of the molecule is Cc1cc(C)c(S(=O)(=O)NCC(c2cccc(Cl)c2)N2CCOCC2)c(C)c1. The largest absolute Gasteiger partial charge is 0.379 e. The molecular weight excluding hydrogens is 396 g/mol. The van der Waals surface area contributed by atoms with Gasteiger partial charge in [-0.3, -0.25) is 4.90 Å². The Morgan fingerprint density at radius 3 is 2.36 bits per heavy atom. The number of sulfonamides is 1. The molecule has 1 atom stereocenters. The number of rotatable bonds is 6. The first-order valence-corrected chi connectivity index (χ1v) is 11.3. The molecule has 0 amide bonds. The number of hydrogen-bond acceptors (Lipinski definition) is 4. The maximum absolute atomic E-state index is 13.1. The van der Waals surface area contributed by atoms with Crippen LogP contribution in [0.25, 0.3) is 0 Å². The molecule has 1 saturated heterocycles. The highest BCUT2D eigenvalue weighted by molar-refractivity contribution is 7.89. The minimum absolute atomic E-state index is 0.108. The number of nitrogens with zero attached hydrogens (tertiary/aromatic N) is 1. The van der Waals surface area contributed by atoms with Crippen molar-refractivity contribution in [2.45, 2.75) is 31.7 Å². The van der Waals surface area contributed by atoms with Gasteiger partial charge in [-0.15, -0.1) is 0 Å². The van der Waals surface area contributed by atoms with E-state index < -0.39 is 10.0 Å². The Morgan fingerprint density at radius 1 is 1.11 bits per heavy atom. The molecule has 1 N–H and O–H groups in total. The maximum atomic E-state index is 13.1. The number of ether oxygens (including phenoxy) is 1. The van der Waals surface area contributed by atoms with Crippen molar-refractivity contribution in [2.75, 3.05) is 32.8 Å². The second-order valence-electron chi connectivity index (χ2n) is 7.30. The van der Waals surface area contributed by atoms with E-state index in [2.05, 4.69) is 9.62 Å². The Kier molecular flexibility index (Phi) is 6.78. The molecule has 1 heterocycles. The summed E-state index contributed by atoms with van der Waals surface area (Å²) in [4.78, 5) is 2.61. The zero-order chi connectivity index (χ0) is 20.3. The molecule has 7 heteroatoms. The molecule has 0 spiro atoms. The number of morpholine rings is 1. The van der Waals surface area contributed by atoms with Crippen LogP contribution in [0.1, 0.15) is 28.3 Å². The number of halogens is 1. The molecule has 2 aromatic rings. The maximum Gasteiger partial charge on any atom is 0.241 e.